The molecule has 2 heterocycles. The summed E-state index contributed by atoms with van der Waals surface area (Å²) in [6, 6.07) is -0.110. The summed E-state index contributed by atoms with van der Waals surface area (Å²) in [6.45, 7) is 5.88. The molecule has 2 N–H and O–H groups in total. The van der Waals surface area contributed by atoms with E-state index < -0.39 is 5.79 Å². The average Bonchev–Trinajstić information content (AvgIpc) is 2.67. The Morgan fingerprint density at radius 2 is 2.21 bits per heavy atom. The zero-order valence-corrected chi connectivity index (χ0v) is 8.24. The first kappa shape index (κ1) is 10.1. The Balaban J connectivity index is 2.11. The number of hydrogen-bond donors (Lipinski definition) is 2. The molecule has 0 amide bonds. The van der Waals surface area contributed by atoms with E-state index in [0.29, 0.717) is 19.1 Å². The lowest BCUT2D eigenvalue weighted by atomic mass is 9.89. The van der Waals surface area contributed by atoms with Crippen molar-refractivity contribution in [3.8, 4) is 0 Å². The van der Waals surface area contributed by atoms with E-state index in [2.05, 4.69) is 11.9 Å². The fourth-order valence-corrected chi connectivity index (χ4v) is 2.19. The van der Waals surface area contributed by atoms with Gasteiger partial charge in [0.25, 0.3) is 0 Å². The van der Waals surface area contributed by atoms with Crippen LogP contribution in [0.2, 0.25) is 0 Å². The van der Waals surface area contributed by atoms with Crippen molar-refractivity contribution in [1.29, 1.82) is 0 Å². The van der Waals surface area contributed by atoms with E-state index in [1.807, 2.05) is 6.08 Å². The van der Waals surface area contributed by atoms with E-state index in [0.717, 1.165) is 13.0 Å². The number of nitrogens with one attached hydrogen (secondary N) is 1. The fourth-order valence-electron chi connectivity index (χ4n) is 2.19. The summed E-state index contributed by atoms with van der Waals surface area (Å²) in [4.78, 5) is 0. The molecule has 0 aliphatic carbocycles. The van der Waals surface area contributed by atoms with Crippen LogP contribution < -0.4 is 5.32 Å². The molecule has 80 valence electrons. The predicted octanol–water partition coefficient (Wildman–Crippen LogP) is -0.114. The molecule has 0 bridgehead atoms. The Hall–Kier alpha value is -0.420. The fraction of sp³-hybridized carbons (Fsp3) is 0.800. The maximum absolute atomic E-state index is 9.23. The highest BCUT2D eigenvalue weighted by Gasteiger charge is 2.47. The number of piperidine rings is 1. The van der Waals surface area contributed by atoms with E-state index in [1.165, 1.54) is 0 Å². The van der Waals surface area contributed by atoms with Crippen LogP contribution in [0.5, 0.6) is 0 Å². The molecule has 2 fully saturated rings. The first-order valence-corrected chi connectivity index (χ1v) is 5.05. The second-order valence-corrected chi connectivity index (χ2v) is 3.85. The zero-order valence-electron chi connectivity index (χ0n) is 8.24. The Morgan fingerprint density at radius 3 is 2.79 bits per heavy atom. The highest BCUT2D eigenvalue weighted by atomic mass is 16.7. The molecule has 0 saturated carbocycles. The third-order valence-corrected chi connectivity index (χ3v) is 3.00. The van der Waals surface area contributed by atoms with Crippen LogP contribution in [-0.2, 0) is 9.47 Å². The minimum absolute atomic E-state index is 0.0455. The molecule has 0 radical (unpaired) electrons. The van der Waals surface area contributed by atoms with Gasteiger partial charge in [0, 0.05) is 13.0 Å². The minimum Gasteiger partial charge on any atom is -0.395 e. The Labute approximate surface area is 83.9 Å². The molecule has 2 unspecified atom stereocenters. The van der Waals surface area contributed by atoms with Crippen molar-refractivity contribution in [3.05, 3.63) is 12.7 Å². The lowest BCUT2D eigenvalue weighted by Crippen LogP contribution is -2.59. The molecule has 2 aliphatic rings. The van der Waals surface area contributed by atoms with Crippen molar-refractivity contribution in [2.45, 2.75) is 18.2 Å². The minimum atomic E-state index is -0.619. The molecule has 14 heavy (non-hydrogen) atoms. The predicted molar refractivity (Wildman–Crippen MR) is 51.8 cm³/mol. The molecule has 2 saturated heterocycles. The topological polar surface area (TPSA) is 50.7 Å². The first-order chi connectivity index (χ1) is 6.80. The summed E-state index contributed by atoms with van der Waals surface area (Å²) in [5, 5.41) is 12.5. The van der Waals surface area contributed by atoms with Gasteiger partial charge in [-0.15, -0.1) is 6.58 Å². The van der Waals surface area contributed by atoms with Crippen LogP contribution in [0.3, 0.4) is 0 Å². The van der Waals surface area contributed by atoms with Gasteiger partial charge in [-0.05, 0) is 5.92 Å². The van der Waals surface area contributed by atoms with E-state index in [-0.39, 0.29) is 12.6 Å². The third-order valence-electron chi connectivity index (χ3n) is 3.00. The lowest BCUT2D eigenvalue weighted by molar-refractivity contribution is -0.205. The summed E-state index contributed by atoms with van der Waals surface area (Å²) >= 11 is 0. The van der Waals surface area contributed by atoms with Gasteiger partial charge in [-0.1, -0.05) is 6.08 Å². The molecule has 4 nitrogen and oxygen atoms in total. The van der Waals surface area contributed by atoms with Gasteiger partial charge in [-0.25, -0.2) is 0 Å². The largest absolute Gasteiger partial charge is 0.395 e. The molecule has 0 aromatic rings. The second kappa shape index (κ2) is 3.98. The molecule has 4 heteroatoms. The van der Waals surface area contributed by atoms with E-state index in [4.69, 9.17) is 9.47 Å². The maximum Gasteiger partial charge on any atom is 0.186 e. The van der Waals surface area contributed by atoms with Gasteiger partial charge in [0.05, 0.1) is 25.9 Å². The van der Waals surface area contributed by atoms with E-state index in [9.17, 15) is 5.11 Å². The normalized spacial score (nSPS) is 36.1. The van der Waals surface area contributed by atoms with Crippen molar-refractivity contribution in [1.82, 2.24) is 5.32 Å². The Bertz CT molecular complexity index is 213. The smallest absolute Gasteiger partial charge is 0.186 e. The monoisotopic (exact) mass is 199 g/mol. The van der Waals surface area contributed by atoms with Crippen LogP contribution in [0.4, 0.5) is 0 Å². The Morgan fingerprint density at radius 1 is 1.50 bits per heavy atom. The summed E-state index contributed by atoms with van der Waals surface area (Å²) < 4.78 is 11.2. The van der Waals surface area contributed by atoms with Gasteiger partial charge in [0.1, 0.15) is 0 Å². The molecule has 1 spiro atoms. The molecule has 2 aliphatic heterocycles. The van der Waals surface area contributed by atoms with Gasteiger partial charge < -0.3 is 19.9 Å². The number of hydrogen-bond acceptors (Lipinski definition) is 4. The zero-order chi connectivity index (χ0) is 10.0. The van der Waals surface area contributed by atoms with Crippen LogP contribution in [0.15, 0.2) is 12.7 Å². The summed E-state index contributed by atoms with van der Waals surface area (Å²) in [5.74, 6) is -0.262. The molecule has 0 aromatic carbocycles. The van der Waals surface area contributed by atoms with Crippen molar-refractivity contribution < 1.29 is 14.6 Å². The van der Waals surface area contributed by atoms with Gasteiger partial charge >= 0.3 is 0 Å². The second-order valence-electron chi connectivity index (χ2n) is 3.85. The van der Waals surface area contributed by atoms with Gasteiger partial charge in [0.15, 0.2) is 5.79 Å². The van der Waals surface area contributed by atoms with Crippen LogP contribution >= 0.6 is 0 Å². The molecule has 2 atom stereocenters. The van der Waals surface area contributed by atoms with Crippen LogP contribution in [0, 0.1) is 5.92 Å². The highest BCUT2D eigenvalue weighted by Crippen LogP contribution is 2.34. The maximum atomic E-state index is 9.23. The van der Waals surface area contributed by atoms with Crippen molar-refractivity contribution in [2.24, 2.45) is 5.92 Å². The average molecular weight is 199 g/mol. The molecular weight excluding hydrogens is 182 g/mol. The van der Waals surface area contributed by atoms with Crippen LogP contribution in [0.25, 0.3) is 0 Å². The van der Waals surface area contributed by atoms with Crippen molar-refractivity contribution in [3.63, 3.8) is 0 Å². The summed E-state index contributed by atoms with van der Waals surface area (Å²) in [6.07, 6.45) is 2.70. The van der Waals surface area contributed by atoms with Crippen LogP contribution in [0.1, 0.15) is 6.42 Å². The third kappa shape index (κ3) is 1.59. The lowest BCUT2D eigenvalue weighted by Gasteiger charge is -2.41. The van der Waals surface area contributed by atoms with Crippen molar-refractivity contribution in [2.75, 3.05) is 26.4 Å². The molecule has 2 rings (SSSR count). The number of aliphatic hydroxyl groups is 1. The number of aliphatic hydroxyl groups excluding tert-OH is 1. The van der Waals surface area contributed by atoms with Gasteiger partial charge in [-0.3, -0.25) is 0 Å². The number of rotatable bonds is 2. The summed E-state index contributed by atoms with van der Waals surface area (Å²) in [7, 11) is 0. The summed E-state index contributed by atoms with van der Waals surface area (Å²) in [5.41, 5.74) is 0. The SMILES string of the molecule is C=CC1CNC(CO)C2(C1)OCCO2. The standard InChI is InChI=1S/C10H17NO3/c1-2-8-5-10(13-3-4-14-10)9(7-12)11-6-8/h2,8-9,11-12H,1,3-7H2. The molecule has 0 aromatic heterocycles. The van der Waals surface area contributed by atoms with E-state index in [1.54, 1.807) is 0 Å². The number of ether oxygens (including phenoxy) is 2. The van der Waals surface area contributed by atoms with Crippen molar-refractivity contribution >= 4 is 0 Å². The first-order valence-electron chi connectivity index (χ1n) is 5.05. The molecular formula is C10H17NO3. The quantitative estimate of drug-likeness (QED) is 0.609. The van der Waals surface area contributed by atoms with Crippen LogP contribution in [-0.4, -0.2) is 43.3 Å². The van der Waals surface area contributed by atoms with E-state index >= 15 is 0 Å². The van der Waals surface area contributed by atoms with Gasteiger partial charge in [-0.2, -0.15) is 0 Å². The highest BCUT2D eigenvalue weighted by molar-refractivity contribution is 4.99. The van der Waals surface area contributed by atoms with Gasteiger partial charge in [0.2, 0.25) is 0 Å². The Kier molecular flexibility index (Phi) is 2.88.